The Kier molecular flexibility index (Phi) is 4.01. The van der Waals surface area contributed by atoms with Crippen molar-refractivity contribution < 1.29 is 4.79 Å². The SMILES string of the molecule is O=C1CCC/C(c2ccccc2)=N\N=C/1c1ccccc1. The monoisotopic (exact) mass is 276 g/mol. The van der Waals surface area contributed by atoms with Crippen molar-refractivity contribution >= 4 is 17.2 Å². The van der Waals surface area contributed by atoms with Crippen molar-refractivity contribution in [3.63, 3.8) is 0 Å². The lowest BCUT2D eigenvalue weighted by molar-refractivity contribution is -0.113. The van der Waals surface area contributed by atoms with Crippen LogP contribution in [0.5, 0.6) is 0 Å². The van der Waals surface area contributed by atoms with Crippen molar-refractivity contribution in [2.24, 2.45) is 10.2 Å². The molecule has 0 N–H and O–H groups in total. The first-order valence-corrected chi connectivity index (χ1v) is 7.13. The minimum absolute atomic E-state index is 0.0667. The molecule has 2 aromatic carbocycles. The molecule has 1 heterocycles. The summed E-state index contributed by atoms with van der Waals surface area (Å²) in [4.78, 5) is 12.2. The van der Waals surface area contributed by atoms with Crippen LogP contribution in [0, 0.1) is 0 Å². The van der Waals surface area contributed by atoms with Crippen molar-refractivity contribution in [3.8, 4) is 0 Å². The predicted molar refractivity (Wildman–Crippen MR) is 84.8 cm³/mol. The van der Waals surface area contributed by atoms with Gasteiger partial charge in [0, 0.05) is 12.0 Å². The second-order valence-corrected chi connectivity index (χ2v) is 5.00. The maximum atomic E-state index is 12.2. The van der Waals surface area contributed by atoms with Crippen LogP contribution in [0.2, 0.25) is 0 Å². The van der Waals surface area contributed by atoms with E-state index in [2.05, 4.69) is 10.2 Å². The lowest BCUT2D eigenvalue weighted by Gasteiger charge is -2.10. The first kappa shape index (κ1) is 13.4. The van der Waals surface area contributed by atoms with E-state index in [0.717, 1.165) is 29.7 Å². The summed E-state index contributed by atoms with van der Waals surface area (Å²) < 4.78 is 0. The molecule has 0 saturated carbocycles. The zero-order valence-electron chi connectivity index (χ0n) is 11.7. The highest BCUT2D eigenvalue weighted by molar-refractivity contribution is 6.46. The Balaban J connectivity index is 2.01. The standard InChI is InChI=1S/C18H16N2O/c21-17-13-7-12-16(14-8-3-1-4-9-14)19-20-18(17)15-10-5-2-6-11-15/h1-6,8-11H,7,12-13H2/b19-16+,20-18-. The minimum Gasteiger partial charge on any atom is -0.292 e. The summed E-state index contributed by atoms with van der Waals surface area (Å²) in [7, 11) is 0. The summed E-state index contributed by atoms with van der Waals surface area (Å²) in [6.07, 6.45) is 2.10. The first-order chi connectivity index (χ1) is 10.3. The van der Waals surface area contributed by atoms with Crippen LogP contribution in [-0.4, -0.2) is 17.2 Å². The van der Waals surface area contributed by atoms with E-state index in [0.29, 0.717) is 12.1 Å². The van der Waals surface area contributed by atoms with E-state index in [1.807, 2.05) is 60.7 Å². The summed E-state index contributed by atoms with van der Waals surface area (Å²) >= 11 is 0. The number of hydrogen-bond acceptors (Lipinski definition) is 3. The van der Waals surface area contributed by atoms with Crippen LogP contribution in [0.1, 0.15) is 30.4 Å². The van der Waals surface area contributed by atoms with Gasteiger partial charge in [-0.1, -0.05) is 60.7 Å². The maximum Gasteiger partial charge on any atom is 0.183 e. The molecule has 3 heteroatoms. The third-order valence-corrected chi connectivity index (χ3v) is 3.51. The molecule has 1 aliphatic heterocycles. The molecule has 2 aromatic rings. The average Bonchev–Trinajstić information content (AvgIpc) is 2.53. The molecule has 0 saturated heterocycles. The highest BCUT2D eigenvalue weighted by Gasteiger charge is 2.17. The molecule has 3 nitrogen and oxygen atoms in total. The Morgan fingerprint density at radius 2 is 1.33 bits per heavy atom. The highest BCUT2D eigenvalue weighted by Crippen LogP contribution is 2.14. The van der Waals surface area contributed by atoms with Gasteiger partial charge in [0.1, 0.15) is 5.71 Å². The second kappa shape index (κ2) is 6.27. The number of hydrogen-bond donors (Lipinski definition) is 0. The fourth-order valence-electron chi connectivity index (χ4n) is 2.40. The van der Waals surface area contributed by atoms with Gasteiger partial charge in [-0.3, -0.25) is 4.79 Å². The van der Waals surface area contributed by atoms with Crippen LogP contribution < -0.4 is 0 Å². The summed E-state index contributed by atoms with van der Waals surface area (Å²) in [5.41, 5.74) is 3.31. The van der Waals surface area contributed by atoms with E-state index in [-0.39, 0.29) is 5.78 Å². The molecule has 21 heavy (non-hydrogen) atoms. The molecule has 0 radical (unpaired) electrons. The molecule has 3 rings (SSSR count). The molecule has 0 atom stereocenters. The van der Waals surface area contributed by atoms with E-state index in [1.165, 1.54) is 0 Å². The van der Waals surface area contributed by atoms with E-state index < -0.39 is 0 Å². The van der Waals surface area contributed by atoms with Gasteiger partial charge < -0.3 is 0 Å². The molecule has 0 amide bonds. The Morgan fingerprint density at radius 3 is 2.00 bits per heavy atom. The van der Waals surface area contributed by atoms with Crippen LogP contribution in [0.15, 0.2) is 70.9 Å². The van der Waals surface area contributed by atoms with Gasteiger partial charge in [0.15, 0.2) is 5.78 Å². The number of benzene rings is 2. The molecular formula is C18H16N2O. The molecule has 0 spiro atoms. The Hall–Kier alpha value is -2.55. The fraction of sp³-hybridized carbons (Fsp3) is 0.167. The van der Waals surface area contributed by atoms with Gasteiger partial charge >= 0.3 is 0 Å². The van der Waals surface area contributed by atoms with Crippen molar-refractivity contribution in [1.82, 2.24) is 0 Å². The van der Waals surface area contributed by atoms with Crippen molar-refractivity contribution in [1.29, 1.82) is 0 Å². The van der Waals surface area contributed by atoms with Gasteiger partial charge in [0.05, 0.1) is 5.71 Å². The van der Waals surface area contributed by atoms with Crippen molar-refractivity contribution in [2.75, 3.05) is 0 Å². The quantitative estimate of drug-likeness (QED) is 0.825. The Labute approximate surface area is 124 Å². The van der Waals surface area contributed by atoms with E-state index in [4.69, 9.17) is 0 Å². The molecule has 1 aliphatic rings. The number of Topliss-reactive ketones (excluding diaryl/α,β-unsaturated/α-hetero) is 1. The topological polar surface area (TPSA) is 41.8 Å². The van der Waals surface area contributed by atoms with Gasteiger partial charge in [-0.2, -0.15) is 5.10 Å². The predicted octanol–water partition coefficient (Wildman–Crippen LogP) is 3.63. The summed E-state index contributed by atoms with van der Waals surface area (Å²) in [6, 6.07) is 19.6. The van der Waals surface area contributed by atoms with Crippen LogP contribution >= 0.6 is 0 Å². The third kappa shape index (κ3) is 3.14. The lowest BCUT2D eigenvalue weighted by Crippen LogP contribution is -2.18. The van der Waals surface area contributed by atoms with Gasteiger partial charge in [0.25, 0.3) is 0 Å². The molecule has 0 fully saturated rings. The third-order valence-electron chi connectivity index (χ3n) is 3.51. The number of carbonyl (C=O) groups is 1. The van der Waals surface area contributed by atoms with Crippen LogP contribution in [0.4, 0.5) is 0 Å². The van der Waals surface area contributed by atoms with Crippen LogP contribution in [0.25, 0.3) is 0 Å². The van der Waals surface area contributed by atoms with Crippen LogP contribution in [0.3, 0.4) is 0 Å². The van der Waals surface area contributed by atoms with Crippen LogP contribution in [-0.2, 0) is 4.79 Å². The molecular weight excluding hydrogens is 260 g/mol. The molecule has 0 bridgehead atoms. The summed E-state index contributed by atoms with van der Waals surface area (Å²) in [6.45, 7) is 0. The molecule has 0 aromatic heterocycles. The van der Waals surface area contributed by atoms with E-state index >= 15 is 0 Å². The maximum absolute atomic E-state index is 12.2. The number of ketones is 1. The van der Waals surface area contributed by atoms with E-state index in [9.17, 15) is 4.79 Å². The van der Waals surface area contributed by atoms with E-state index in [1.54, 1.807) is 0 Å². The average molecular weight is 276 g/mol. The minimum atomic E-state index is 0.0667. The molecule has 0 aliphatic carbocycles. The first-order valence-electron chi connectivity index (χ1n) is 7.13. The fourth-order valence-corrected chi connectivity index (χ4v) is 2.40. The smallest absolute Gasteiger partial charge is 0.183 e. The van der Waals surface area contributed by atoms with Gasteiger partial charge in [0.2, 0.25) is 0 Å². The number of rotatable bonds is 2. The Bertz CT molecular complexity index is 688. The van der Waals surface area contributed by atoms with Crippen molar-refractivity contribution in [2.45, 2.75) is 19.3 Å². The number of nitrogens with zero attached hydrogens (tertiary/aromatic N) is 2. The Morgan fingerprint density at radius 1 is 0.714 bits per heavy atom. The van der Waals surface area contributed by atoms with Gasteiger partial charge in [-0.25, -0.2) is 0 Å². The van der Waals surface area contributed by atoms with Crippen molar-refractivity contribution in [3.05, 3.63) is 71.8 Å². The highest BCUT2D eigenvalue weighted by atomic mass is 16.1. The number of carbonyl (C=O) groups excluding carboxylic acids is 1. The second-order valence-electron chi connectivity index (χ2n) is 5.00. The molecule has 104 valence electrons. The summed E-state index contributed by atoms with van der Waals surface area (Å²) in [5, 5.41) is 8.59. The zero-order valence-corrected chi connectivity index (χ0v) is 11.7. The largest absolute Gasteiger partial charge is 0.292 e. The molecule has 0 unspecified atom stereocenters. The van der Waals surface area contributed by atoms with Gasteiger partial charge in [-0.15, -0.1) is 5.10 Å². The van der Waals surface area contributed by atoms with Gasteiger partial charge in [-0.05, 0) is 18.4 Å². The normalized spacial score (nSPS) is 20.7. The lowest BCUT2D eigenvalue weighted by atomic mass is 9.99. The summed E-state index contributed by atoms with van der Waals surface area (Å²) in [5.74, 6) is 0.0667. The zero-order chi connectivity index (χ0) is 14.5.